The predicted octanol–water partition coefficient (Wildman–Crippen LogP) is 4.33. The molecule has 1 aromatic rings. The van der Waals surface area contributed by atoms with Crippen molar-refractivity contribution in [2.75, 3.05) is 0 Å². The monoisotopic (exact) mass is 355 g/mol. The molecule has 1 fully saturated rings. The predicted molar refractivity (Wildman–Crippen MR) is 86.2 cm³/mol. The van der Waals surface area contributed by atoms with Gasteiger partial charge in [0.05, 0.1) is 15.5 Å². The maximum atomic E-state index is 11.0. The highest BCUT2D eigenvalue weighted by atomic mass is 79.9. The number of benzene rings is 1. The Morgan fingerprint density at radius 3 is 2.76 bits per heavy atom. The van der Waals surface area contributed by atoms with E-state index in [0.29, 0.717) is 22.7 Å². The first-order valence-electron chi connectivity index (χ1n) is 7.50. The summed E-state index contributed by atoms with van der Waals surface area (Å²) in [6.07, 6.45) is 3.29. The minimum Gasteiger partial charge on any atom is -0.393 e. The molecule has 1 aliphatic carbocycles. The second kappa shape index (κ2) is 6.88. The second-order valence-electron chi connectivity index (χ2n) is 6.36. The van der Waals surface area contributed by atoms with E-state index in [4.69, 9.17) is 0 Å². The van der Waals surface area contributed by atoms with Gasteiger partial charge in [0, 0.05) is 6.07 Å². The molecule has 116 valence electrons. The van der Waals surface area contributed by atoms with Crippen LogP contribution < -0.4 is 0 Å². The largest absolute Gasteiger partial charge is 0.393 e. The van der Waals surface area contributed by atoms with Gasteiger partial charge in [-0.05, 0) is 64.9 Å². The minimum atomic E-state index is -0.373. The van der Waals surface area contributed by atoms with Crippen molar-refractivity contribution in [3.63, 3.8) is 0 Å². The first-order valence-corrected chi connectivity index (χ1v) is 8.29. The van der Waals surface area contributed by atoms with Crippen LogP contribution in [0.15, 0.2) is 22.7 Å². The lowest BCUT2D eigenvalue weighted by atomic mass is 9.73. The fourth-order valence-corrected chi connectivity index (χ4v) is 3.83. The fourth-order valence-electron chi connectivity index (χ4n) is 3.26. The molecule has 0 bridgehead atoms. The molecule has 3 unspecified atom stereocenters. The van der Waals surface area contributed by atoms with E-state index < -0.39 is 0 Å². The van der Waals surface area contributed by atoms with Crippen LogP contribution in [-0.4, -0.2) is 16.1 Å². The molecule has 5 heteroatoms. The number of aliphatic hydroxyl groups excluding tert-OH is 1. The highest BCUT2D eigenvalue weighted by Gasteiger charge is 2.31. The summed E-state index contributed by atoms with van der Waals surface area (Å²) in [5, 5.41) is 21.2. The number of halogens is 1. The van der Waals surface area contributed by atoms with Crippen LogP contribution in [0.5, 0.6) is 0 Å². The number of nitrogens with zero attached hydrogens (tertiary/aromatic N) is 1. The topological polar surface area (TPSA) is 63.4 Å². The molecular formula is C16H22BrNO3. The zero-order valence-corrected chi connectivity index (χ0v) is 14.0. The molecule has 0 amide bonds. The Morgan fingerprint density at radius 2 is 2.14 bits per heavy atom. The number of hydrogen-bond acceptors (Lipinski definition) is 3. The van der Waals surface area contributed by atoms with Gasteiger partial charge in [-0.25, -0.2) is 0 Å². The first kappa shape index (κ1) is 16.4. The zero-order chi connectivity index (χ0) is 15.6. The molecule has 3 atom stereocenters. The summed E-state index contributed by atoms with van der Waals surface area (Å²) >= 11 is 3.35. The molecule has 0 saturated heterocycles. The maximum Gasteiger partial charge on any atom is 0.283 e. The lowest BCUT2D eigenvalue weighted by molar-refractivity contribution is -0.385. The molecule has 0 radical (unpaired) electrons. The van der Waals surface area contributed by atoms with Crippen molar-refractivity contribution in [1.29, 1.82) is 0 Å². The molecule has 21 heavy (non-hydrogen) atoms. The van der Waals surface area contributed by atoms with E-state index in [1.165, 1.54) is 6.07 Å². The van der Waals surface area contributed by atoms with Crippen molar-refractivity contribution in [3.8, 4) is 0 Å². The van der Waals surface area contributed by atoms with Gasteiger partial charge in [-0.2, -0.15) is 0 Å². The van der Waals surface area contributed by atoms with Crippen LogP contribution in [0, 0.1) is 27.9 Å². The Bertz CT molecular complexity index is 518. The highest BCUT2D eigenvalue weighted by Crippen LogP contribution is 2.38. The smallest absolute Gasteiger partial charge is 0.283 e. The lowest BCUT2D eigenvalue weighted by Crippen LogP contribution is -2.32. The van der Waals surface area contributed by atoms with Crippen LogP contribution >= 0.6 is 15.9 Å². The maximum absolute atomic E-state index is 11.0. The van der Waals surface area contributed by atoms with E-state index in [-0.39, 0.29) is 22.6 Å². The summed E-state index contributed by atoms with van der Waals surface area (Å²) in [7, 11) is 0. The van der Waals surface area contributed by atoms with Gasteiger partial charge >= 0.3 is 0 Å². The number of nitro benzene ring substituents is 1. The average molecular weight is 356 g/mol. The number of rotatable bonds is 4. The summed E-state index contributed by atoms with van der Waals surface area (Å²) in [5.74, 6) is 1.44. The zero-order valence-electron chi connectivity index (χ0n) is 12.5. The van der Waals surface area contributed by atoms with E-state index in [2.05, 4.69) is 29.8 Å². The number of hydrogen-bond donors (Lipinski definition) is 1. The lowest BCUT2D eigenvalue weighted by Gasteiger charge is -2.35. The van der Waals surface area contributed by atoms with Gasteiger partial charge in [0.2, 0.25) is 0 Å². The van der Waals surface area contributed by atoms with Crippen molar-refractivity contribution in [3.05, 3.63) is 38.3 Å². The normalized spacial score (nSPS) is 26.0. The van der Waals surface area contributed by atoms with Gasteiger partial charge in [-0.3, -0.25) is 10.1 Å². The van der Waals surface area contributed by atoms with Crippen LogP contribution in [0.25, 0.3) is 0 Å². The third kappa shape index (κ3) is 3.83. The number of nitro groups is 1. The molecule has 0 spiro atoms. The van der Waals surface area contributed by atoms with Crippen molar-refractivity contribution in [1.82, 2.24) is 0 Å². The summed E-state index contributed by atoms with van der Waals surface area (Å²) in [4.78, 5) is 10.6. The van der Waals surface area contributed by atoms with Crippen LogP contribution in [0.1, 0.15) is 38.7 Å². The molecule has 1 aliphatic rings. The summed E-state index contributed by atoms with van der Waals surface area (Å²) in [6, 6.07) is 5.12. The Labute approximate surface area is 133 Å². The van der Waals surface area contributed by atoms with Crippen LogP contribution in [0.3, 0.4) is 0 Å². The fraction of sp³-hybridized carbons (Fsp3) is 0.625. The standard InChI is InChI=1S/C16H22BrNO3/c1-10(2)11-6-7-15(19)13(8-11)9-12-4-3-5-14(16(12)17)18(20)21/h3-5,10-11,13,15,19H,6-9H2,1-2H3. The summed E-state index contributed by atoms with van der Waals surface area (Å²) in [6.45, 7) is 4.45. The molecule has 1 aromatic carbocycles. The SMILES string of the molecule is CC(C)C1CCC(O)C(Cc2cccc([N+](=O)[O-])c2Br)C1. The van der Waals surface area contributed by atoms with E-state index in [1.54, 1.807) is 6.07 Å². The Hall–Kier alpha value is -0.940. The van der Waals surface area contributed by atoms with Crippen molar-refractivity contribution < 1.29 is 10.0 Å². The van der Waals surface area contributed by atoms with Crippen LogP contribution in [0.4, 0.5) is 5.69 Å². The van der Waals surface area contributed by atoms with Gasteiger partial charge in [0.1, 0.15) is 0 Å². The van der Waals surface area contributed by atoms with E-state index in [1.807, 2.05) is 6.07 Å². The summed E-state index contributed by atoms with van der Waals surface area (Å²) in [5.41, 5.74) is 1.01. The molecule has 4 nitrogen and oxygen atoms in total. The van der Waals surface area contributed by atoms with Gasteiger partial charge in [0.25, 0.3) is 5.69 Å². The molecule has 1 saturated carbocycles. The quantitative estimate of drug-likeness (QED) is 0.645. The van der Waals surface area contributed by atoms with Crippen LogP contribution in [-0.2, 0) is 6.42 Å². The molecule has 0 aromatic heterocycles. The van der Waals surface area contributed by atoms with Crippen LogP contribution in [0.2, 0.25) is 0 Å². The molecule has 2 rings (SSSR count). The Kier molecular flexibility index (Phi) is 5.38. The summed E-state index contributed by atoms with van der Waals surface area (Å²) < 4.78 is 0.550. The van der Waals surface area contributed by atoms with Gasteiger partial charge in [-0.15, -0.1) is 0 Å². The van der Waals surface area contributed by atoms with E-state index >= 15 is 0 Å². The second-order valence-corrected chi connectivity index (χ2v) is 7.15. The average Bonchev–Trinajstić information content (AvgIpc) is 2.42. The van der Waals surface area contributed by atoms with E-state index in [9.17, 15) is 15.2 Å². The third-order valence-electron chi connectivity index (χ3n) is 4.66. The van der Waals surface area contributed by atoms with Crippen molar-refractivity contribution >= 4 is 21.6 Å². The Balaban J connectivity index is 2.17. The first-order chi connectivity index (χ1) is 9.90. The molecule has 0 aliphatic heterocycles. The van der Waals surface area contributed by atoms with Crippen molar-refractivity contribution in [2.24, 2.45) is 17.8 Å². The van der Waals surface area contributed by atoms with Gasteiger partial charge in [0.15, 0.2) is 0 Å². The van der Waals surface area contributed by atoms with Crippen molar-refractivity contribution in [2.45, 2.75) is 45.6 Å². The van der Waals surface area contributed by atoms with Gasteiger partial charge < -0.3 is 5.11 Å². The number of aliphatic hydroxyl groups is 1. The molecule has 1 N–H and O–H groups in total. The Morgan fingerprint density at radius 1 is 1.43 bits per heavy atom. The van der Waals surface area contributed by atoms with E-state index in [0.717, 1.165) is 24.8 Å². The highest BCUT2D eigenvalue weighted by molar-refractivity contribution is 9.10. The van der Waals surface area contributed by atoms with Gasteiger partial charge in [-0.1, -0.05) is 26.0 Å². The molecular weight excluding hydrogens is 334 g/mol. The molecule has 0 heterocycles. The minimum absolute atomic E-state index is 0.0956. The third-order valence-corrected chi connectivity index (χ3v) is 5.58.